The number of amides is 2. The molecule has 0 aliphatic heterocycles. The Hall–Kier alpha value is -3.15. The Morgan fingerprint density at radius 3 is 2.07 bits per heavy atom. The minimum atomic E-state index is -0.409. The van der Waals surface area contributed by atoms with Crippen LogP contribution in [0, 0.1) is 20.8 Å². The van der Waals surface area contributed by atoms with E-state index in [1.807, 2.05) is 32.9 Å². The van der Waals surface area contributed by atoms with Crippen LogP contribution < -0.4 is 10.2 Å². The Morgan fingerprint density at radius 1 is 1.00 bits per heavy atom. The van der Waals surface area contributed by atoms with E-state index in [2.05, 4.69) is 5.32 Å². The van der Waals surface area contributed by atoms with Gasteiger partial charge in [-0.1, -0.05) is 17.7 Å². The number of hydrogen-bond acceptors (Lipinski definition) is 4. The summed E-state index contributed by atoms with van der Waals surface area (Å²) in [6, 6.07) is 10.4. The van der Waals surface area contributed by atoms with Crippen molar-refractivity contribution in [1.82, 2.24) is 0 Å². The molecule has 0 saturated heterocycles. The Morgan fingerprint density at radius 2 is 1.57 bits per heavy atom. The highest BCUT2D eigenvalue weighted by Crippen LogP contribution is 2.26. The SMILES string of the molecule is CCOC(=O)c1ccc(NC(=O)CN(C(C)=O)c2c(C)cc(C)cc2C)cc1. The van der Waals surface area contributed by atoms with Crippen LogP contribution in [0.1, 0.15) is 40.9 Å². The van der Waals surface area contributed by atoms with Gasteiger partial charge in [0.25, 0.3) is 0 Å². The smallest absolute Gasteiger partial charge is 0.338 e. The second kappa shape index (κ2) is 9.17. The molecule has 0 heterocycles. The molecule has 1 N–H and O–H groups in total. The molecule has 28 heavy (non-hydrogen) atoms. The summed E-state index contributed by atoms with van der Waals surface area (Å²) < 4.78 is 4.94. The second-order valence-corrected chi connectivity index (χ2v) is 6.70. The molecular weight excluding hydrogens is 356 g/mol. The number of anilines is 2. The zero-order valence-corrected chi connectivity index (χ0v) is 17.0. The van der Waals surface area contributed by atoms with Crippen LogP contribution in [0.4, 0.5) is 11.4 Å². The molecular formula is C22H26N2O4. The fraction of sp³-hybridized carbons (Fsp3) is 0.318. The Kier molecular flexibility index (Phi) is 6.93. The summed E-state index contributed by atoms with van der Waals surface area (Å²) >= 11 is 0. The summed E-state index contributed by atoms with van der Waals surface area (Å²) in [6.45, 7) is 9.24. The molecule has 0 aliphatic rings. The maximum Gasteiger partial charge on any atom is 0.338 e. The van der Waals surface area contributed by atoms with Gasteiger partial charge >= 0.3 is 5.97 Å². The third-order valence-corrected chi connectivity index (χ3v) is 4.27. The fourth-order valence-electron chi connectivity index (χ4n) is 3.19. The van der Waals surface area contributed by atoms with Gasteiger partial charge in [0.1, 0.15) is 6.54 Å². The molecule has 2 rings (SSSR count). The largest absolute Gasteiger partial charge is 0.462 e. The van der Waals surface area contributed by atoms with Gasteiger partial charge in [-0.2, -0.15) is 0 Å². The van der Waals surface area contributed by atoms with Gasteiger partial charge in [0.2, 0.25) is 11.8 Å². The number of hydrogen-bond donors (Lipinski definition) is 1. The number of nitrogens with zero attached hydrogens (tertiary/aromatic N) is 1. The van der Waals surface area contributed by atoms with Crippen LogP contribution in [0.25, 0.3) is 0 Å². The number of carbonyl (C=O) groups excluding carboxylic acids is 3. The first-order valence-corrected chi connectivity index (χ1v) is 9.16. The van der Waals surface area contributed by atoms with Crippen LogP contribution in [0.3, 0.4) is 0 Å². The predicted octanol–water partition coefficient (Wildman–Crippen LogP) is 3.78. The molecule has 0 fully saturated rings. The summed E-state index contributed by atoms with van der Waals surface area (Å²) in [5.74, 6) is -0.935. The van der Waals surface area contributed by atoms with Gasteiger partial charge in [-0.3, -0.25) is 9.59 Å². The van der Waals surface area contributed by atoms with Crippen LogP contribution in [0.2, 0.25) is 0 Å². The van der Waals surface area contributed by atoms with Crippen LogP contribution in [-0.4, -0.2) is 30.9 Å². The van der Waals surface area contributed by atoms with E-state index in [4.69, 9.17) is 4.74 Å². The summed E-state index contributed by atoms with van der Waals surface area (Å²) in [4.78, 5) is 37.9. The van der Waals surface area contributed by atoms with Gasteiger partial charge in [-0.25, -0.2) is 4.79 Å². The lowest BCUT2D eigenvalue weighted by Crippen LogP contribution is -2.37. The number of ether oxygens (including phenoxy) is 1. The summed E-state index contributed by atoms with van der Waals surface area (Å²) in [5.41, 5.74) is 4.70. The van der Waals surface area contributed by atoms with Gasteiger partial charge in [-0.15, -0.1) is 0 Å². The van der Waals surface area contributed by atoms with Crippen molar-refractivity contribution < 1.29 is 19.1 Å². The number of carbonyl (C=O) groups is 3. The van der Waals surface area contributed by atoms with Gasteiger partial charge in [0.05, 0.1) is 17.9 Å². The molecule has 0 aliphatic carbocycles. The Balaban J connectivity index is 2.14. The average molecular weight is 382 g/mol. The van der Waals surface area contributed by atoms with Crippen LogP contribution in [0.5, 0.6) is 0 Å². The highest BCUT2D eigenvalue weighted by Gasteiger charge is 2.20. The maximum atomic E-state index is 12.5. The monoisotopic (exact) mass is 382 g/mol. The third-order valence-electron chi connectivity index (χ3n) is 4.27. The number of nitrogens with one attached hydrogen (secondary N) is 1. The average Bonchev–Trinajstić information content (AvgIpc) is 2.60. The Bertz CT molecular complexity index is 865. The molecule has 0 aromatic heterocycles. The molecule has 0 saturated carbocycles. The molecule has 2 aromatic carbocycles. The van der Waals surface area contributed by atoms with Crippen LogP contribution in [0.15, 0.2) is 36.4 Å². The van der Waals surface area contributed by atoms with Crippen molar-refractivity contribution in [3.63, 3.8) is 0 Å². The van der Waals surface area contributed by atoms with Crippen molar-refractivity contribution in [1.29, 1.82) is 0 Å². The fourth-order valence-corrected chi connectivity index (χ4v) is 3.19. The number of rotatable bonds is 6. The van der Waals surface area contributed by atoms with Gasteiger partial charge < -0.3 is 15.0 Å². The van der Waals surface area contributed by atoms with Crippen LogP contribution >= 0.6 is 0 Å². The molecule has 0 spiro atoms. The lowest BCUT2D eigenvalue weighted by molar-refractivity contribution is -0.120. The standard InChI is InChI=1S/C22H26N2O4/c1-6-28-22(27)18-7-9-19(10-8-18)23-20(26)13-24(17(5)25)21-15(3)11-14(2)12-16(21)4/h7-12H,6,13H2,1-5H3,(H,23,26). The molecule has 6 heteroatoms. The zero-order valence-electron chi connectivity index (χ0n) is 17.0. The van der Waals surface area contributed by atoms with E-state index in [1.165, 1.54) is 11.8 Å². The van der Waals surface area contributed by atoms with Crippen molar-refractivity contribution in [2.24, 2.45) is 0 Å². The normalized spacial score (nSPS) is 10.3. The zero-order chi connectivity index (χ0) is 20.8. The van der Waals surface area contributed by atoms with E-state index in [0.717, 1.165) is 22.4 Å². The molecule has 2 amide bonds. The molecule has 0 atom stereocenters. The molecule has 0 unspecified atom stereocenters. The Labute approximate surface area is 165 Å². The lowest BCUT2D eigenvalue weighted by Gasteiger charge is -2.25. The van der Waals surface area contributed by atoms with E-state index in [-0.39, 0.29) is 18.4 Å². The molecule has 6 nitrogen and oxygen atoms in total. The molecule has 2 aromatic rings. The van der Waals surface area contributed by atoms with E-state index in [9.17, 15) is 14.4 Å². The van der Waals surface area contributed by atoms with E-state index in [1.54, 1.807) is 31.2 Å². The molecule has 148 valence electrons. The van der Waals surface area contributed by atoms with Crippen molar-refractivity contribution in [3.8, 4) is 0 Å². The van der Waals surface area contributed by atoms with E-state index < -0.39 is 5.97 Å². The number of benzene rings is 2. The highest BCUT2D eigenvalue weighted by molar-refractivity contribution is 6.02. The highest BCUT2D eigenvalue weighted by atomic mass is 16.5. The van der Waals surface area contributed by atoms with Gasteiger partial charge in [0, 0.05) is 12.6 Å². The first-order valence-electron chi connectivity index (χ1n) is 9.16. The quantitative estimate of drug-likeness (QED) is 0.772. The summed E-state index contributed by atoms with van der Waals surface area (Å²) in [6.07, 6.45) is 0. The predicted molar refractivity (Wildman–Crippen MR) is 110 cm³/mol. The third kappa shape index (κ3) is 5.19. The first-order chi connectivity index (χ1) is 13.2. The van der Waals surface area contributed by atoms with Crippen molar-refractivity contribution in [2.75, 3.05) is 23.4 Å². The molecule has 0 radical (unpaired) electrons. The second-order valence-electron chi connectivity index (χ2n) is 6.70. The lowest BCUT2D eigenvalue weighted by atomic mass is 10.0. The summed E-state index contributed by atoms with van der Waals surface area (Å²) in [7, 11) is 0. The summed E-state index contributed by atoms with van der Waals surface area (Å²) in [5, 5.41) is 2.76. The molecule has 0 bridgehead atoms. The minimum Gasteiger partial charge on any atom is -0.462 e. The topological polar surface area (TPSA) is 75.7 Å². The van der Waals surface area contributed by atoms with Gasteiger partial charge in [-0.05, 0) is 63.1 Å². The van der Waals surface area contributed by atoms with E-state index in [0.29, 0.717) is 17.9 Å². The van der Waals surface area contributed by atoms with Crippen LogP contribution in [-0.2, 0) is 14.3 Å². The van der Waals surface area contributed by atoms with Crippen molar-refractivity contribution in [2.45, 2.75) is 34.6 Å². The van der Waals surface area contributed by atoms with Gasteiger partial charge in [0.15, 0.2) is 0 Å². The number of esters is 1. The van der Waals surface area contributed by atoms with E-state index >= 15 is 0 Å². The minimum absolute atomic E-state index is 0.0975. The van der Waals surface area contributed by atoms with Crippen molar-refractivity contribution in [3.05, 3.63) is 58.7 Å². The first kappa shape index (κ1) is 21.2. The number of aryl methyl sites for hydroxylation is 3. The maximum absolute atomic E-state index is 12.5. The van der Waals surface area contributed by atoms with Crippen molar-refractivity contribution >= 4 is 29.2 Å².